The molecular formula is C26H31N3O5. The quantitative estimate of drug-likeness (QED) is 0.515. The first-order valence-corrected chi connectivity index (χ1v) is 11.4. The van der Waals surface area contributed by atoms with Crippen LogP contribution in [0.25, 0.3) is 12.2 Å². The largest absolute Gasteiger partial charge is 0.504 e. The summed E-state index contributed by atoms with van der Waals surface area (Å²) in [6.07, 6.45) is 8.95. The second-order valence-electron chi connectivity index (χ2n) is 7.80. The molecule has 0 radical (unpaired) electrons. The normalized spacial score (nSPS) is 16.1. The molecule has 8 heteroatoms. The SMILES string of the molecule is COc1cc2ccc1Oc1cc(ccc1O)C=CC(=O)NCCCCNCCCNC(=O)C=C2. The van der Waals surface area contributed by atoms with Crippen LogP contribution in [0.4, 0.5) is 0 Å². The van der Waals surface area contributed by atoms with Gasteiger partial charge in [0.25, 0.3) is 0 Å². The average molecular weight is 466 g/mol. The monoisotopic (exact) mass is 465 g/mol. The first-order valence-electron chi connectivity index (χ1n) is 11.4. The smallest absolute Gasteiger partial charge is 0.243 e. The molecule has 2 aromatic carbocycles. The molecule has 34 heavy (non-hydrogen) atoms. The third kappa shape index (κ3) is 7.97. The fourth-order valence-electron chi connectivity index (χ4n) is 3.31. The molecule has 0 spiro atoms. The molecule has 0 unspecified atom stereocenters. The first kappa shape index (κ1) is 24.9. The van der Waals surface area contributed by atoms with Crippen molar-refractivity contribution < 1.29 is 24.2 Å². The third-order valence-corrected chi connectivity index (χ3v) is 5.15. The number of hydrogen-bond donors (Lipinski definition) is 4. The maximum atomic E-state index is 12.1. The Hall–Kier alpha value is -3.78. The van der Waals surface area contributed by atoms with Gasteiger partial charge in [0.1, 0.15) is 0 Å². The highest BCUT2D eigenvalue weighted by atomic mass is 16.5. The molecule has 0 fully saturated rings. The first-order chi connectivity index (χ1) is 16.5. The van der Waals surface area contributed by atoms with E-state index in [4.69, 9.17) is 9.47 Å². The van der Waals surface area contributed by atoms with Crippen LogP contribution in [-0.2, 0) is 9.59 Å². The number of benzene rings is 2. The molecular weight excluding hydrogens is 434 g/mol. The summed E-state index contributed by atoms with van der Waals surface area (Å²) in [5.41, 5.74) is 1.47. The van der Waals surface area contributed by atoms with Gasteiger partial charge in [0.2, 0.25) is 11.8 Å². The van der Waals surface area contributed by atoms with Crippen molar-refractivity contribution in [3.05, 3.63) is 59.7 Å². The van der Waals surface area contributed by atoms with Crippen LogP contribution in [-0.4, -0.2) is 50.2 Å². The highest BCUT2D eigenvalue weighted by Gasteiger charge is 2.10. The number of fused-ring (bicyclic) bond motifs is 15. The number of ether oxygens (including phenoxy) is 2. The molecule has 2 aromatic rings. The number of carbonyl (C=O) groups is 2. The molecule has 4 rings (SSSR count). The van der Waals surface area contributed by atoms with E-state index in [2.05, 4.69) is 16.0 Å². The van der Waals surface area contributed by atoms with Crippen LogP contribution in [0.5, 0.6) is 23.0 Å². The maximum Gasteiger partial charge on any atom is 0.243 e. The molecule has 0 saturated carbocycles. The van der Waals surface area contributed by atoms with Gasteiger partial charge in [0, 0.05) is 25.2 Å². The van der Waals surface area contributed by atoms with Crippen LogP contribution >= 0.6 is 0 Å². The van der Waals surface area contributed by atoms with E-state index in [0.717, 1.165) is 37.9 Å². The molecule has 2 aliphatic rings. The van der Waals surface area contributed by atoms with Gasteiger partial charge in [0.15, 0.2) is 23.0 Å². The van der Waals surface area contributed by atoms with E-state index in [1.54, 1.807) is 42.5 Å². The lowest BCUT2D eigenvalue weighted by Gasteiger charge is -2.12. The molecule has 180 valence electrons. The van der Waals surface area contributed by atoms with Crippen molar-refractivity contribution >= 4 is 24.0 Å². The zero-order valence-corrected chi connectivity index (χ0v) is 19.3. The number of phenolic OH excluding ortho intramolecular Hbond substituents is 1. The van der Waals surface area contributed by atoms with Crippen molar-refractivity contribution in [3.63, 3.8) is 0 Å². The zero-order valence-electron chi connectivity index (χ0n) is 19.3. The number of aromatic hydroxyl groups is 1. The number of carbonyl (C=O) groups excluding carboxylic acids is 2. The lowest BCUT2D eigenvalue weighted by Crippen LogP contribution is -2.27. The third-order valence-electron chi connectivity index (χ3n) is 5.15. The Kier molecular flexibility index (Phi) is 9.54. The lowest BCUT2D eigenvalue weighted by molar-refractivity contribution is -0.117. The molecule has 2 heterocycles. The van der Waals surface area contributed by atoms with Gasteiger partial charge < -0.3 is 30.5 Å². The highest BCUT2D eigenvalue weighted by molar-refractivity contribution is 5.92. The highest BCUT2D eigenvalue weighted by Crippen LogP contribution is 2.37. The molecule has 2 aliphatic heterocycles. The topological polar surface area (TPSA) is 109 Å². The molecule has 0 saturated heterocycles. The summed E-state index contributed by atoms with van der Waals surface area (Å²) in [4.78, 5) is 24.2. The molecule has 0 atom stereocenters. The van der Waals surface area contributed by atoms with Crippen LogP contribution in [0.3, 0.4) is 0 Å². The van der Waals surface area contributed by atoms with Gasteiger partial charge in [-0.3, -0.25) is 9.59 Å². The van der Waals surface area contributed by atoms with E-state index in [9.17, 15) is 14.7 Å². The Labute approximate surface area is 199 Å². The van der Waals surface area contributed by atoms with Crippen LogP contribution in [0.15, 0.2) is 48.6 Å². The second kappa shape index (κ2) is 13.1. The van der Waals surface area contributed by atoms with Crippen molar-refractivity contribution in [2.75, 3.05) is 33.3 Å². The minimum atomic E-state index is -0.181. The Balaban J connectivity index is 1.81. The van der Waals surface area contributed by atoms with E-state index in [0.29, 0.717) is 30.2 Å². The van der Waals surface area contributed by atoms with Gasteiger partial charge in [-0.2, -0.15) is 0 Å². The number of methoxy groups -OCH3 is 1. The number of nitrogens with one attached hydrogen (secondary N) is 3. The van der Waals surface area contributed by atoms with E-state index in [1.165, 1.54) is 25.3 Å². The average Bonchev–Trinajstić information content (AvgIpc) is 2.84. The van der Waals surface area contributed by atoms with Crippen LogP contribution in [0, 0.1) is 0 Å². The van der Waals surface area contributed by atoms with Crippen molar-refractivity contribution in [1.29, 1.82) is 0 Å². The number of phenols is 1. The Morgan fingerprint density at radius 2 is 1.38 bits per heavy atom. The summed E-state index contributed by atoms with van der Waals surface area (Å²) in [5, 5.41) is 19.3. The summed E-state index contributed by atoms with van der Waals surface area (Å²) in [6, 6.07) is 10.1. The fraction of sp³-hybridized carbons (Fsp3) is 0.308. The summed E-state index contributed by atoms with van der Waals surface area (Å²) >= 11 is 0. The number of hydrogen-bond acceptors (Lipinski definition) is 6. The zero-order chi connectivity index (χ0) is 24.2. The van der Waals surface area contributed by atoms with E-state index >= 15 is 0 Å². The predicted octanol–water partition coefficient (Wildman–Crippen LogP) is 3.23. The molecule has 8 nitrogen and oxygen atoms in total. The van der Waals surface area contributed by atoms with Gasteiger partial charge in [0.05, 0.1) is 7.11 Å². The van der Waals surface area contributed by atoms with Crippen LogP contribution in [0.2, 0.25) is 0 Å². The van der Waals surface area contributed by atoms with Crippen molar-refractivity contribution in [1.82, 2.24) is 16.0 Å². The van der Waals surface area contributed by atoms with Gasteiger partial charge in [-0.15, -0.1) is 0 Å². The van der Waals surface area contributed by atoms with Gasteiger partial charge in [-0.1, -0.05) is 12.1 Å². The van der Waals surface area contributed by atoms with Gasteiger partial charge in [-0.25, -0.2) is 0 Å². The summed E-state index contributed by atoms with van der Waals surface area (Å²) in [6.45, 7) is 2.84. The Morgan fingerprint density at radius 3 is 2.12 bits per heavy atom. The minimum absolute atomic E-state index is 0.0423. The molecule has 2 amide bonds. The van der Waals surface area contributed by atoms with Crippen LogP contribution in [0.1, 0.15) is 30.4 Å². The summed E-state index contributed by atoms with van der Waals surface area (Å²) in [5.74, 6) is 0.686. The Bertz CT molecular complexity index is 1050. The molecule has 4 N–H and O–H groups in total. The fourth-order valence-corrected chi connectivity index (χ4v) is 3.31. The number of rotatable bonds is 1. The maximum absolute atomic E-state index is 12.1. The predicted molar refractivity (Wildman–Crippen MR) is 132 cm³/mol. The van der Waals surface area contributed by atoms with Gasteiger partial charge in [-0.05, 0) is 79.9 Å². The summed E-state index contributed by atoms with van der Waals surface area (Å²) in [7, 11) is 1.52. The standard InChI is InChI=1S/C26H31N3O5/c1-33-24-18-20-6-10-22(24)34-23-17-19(5-9-21(23)30)7-11-25(31)28-15-3-2-13-27-14-4-16-29-26(32)12-8-20/h5-12,17-18,27,30H,2-4,13-16H2,1H3,(H,28,31)(H,29,32). The van der Waals surface area contributed by atoms with E-state index < -0.39 is 0 Å². The number of amides is 2. The summed E-state index contributed by atoms with van der Waals surface area (Å²) < 4.78 is 11.3. The van der Waals surface area contributed by atoms with Crippen molar-refractivity contribution in [3.8, 4) is 23.0 Å². The molecule has 0 aromatic heterocycles. The lowest BCUT2D eigenvalue weighted by atomic mass is 10.1. The van der Waals surface area contributed by atoms with E-state index in [-0.39, 0.29) is 23.3 Å². The molecule has 4 bridgehead atoms. The van der Waals surface area contributed by atoms with E-state index in [1.807, 2.05) is 0 Å². The van der Waals surface area contributed by atoms with Crippen molar-refractivity contribution in [2.45, 2.75) is 19.3 Å². The second-order valence-corrected chi connectivity index (χ2v) is 7.80. The van der Waals surface area contributed by atoms with Crippen molar-refractivity contribution in [2.24, 2.45) is 0 Å². The minimum Gasteiger partial charge on any atom is -0.504 e. The van der Waals surface area contributed by atoms with Crippen LogP contribution < -0.4 is 25.4 Å². The Morgan fingerprint density at radius 1 is 0.765 bits per heavy atom. The molecule has 0 aliphatic carbocycles. The van der Waals surface area contributed by atoms with Gasteiger partial charge >= 0.3 is 0 Å².